The van der Waals surface area contributed by atoms with Crippen molar-refractivity contribution in [2.45, 2.75) is 0 Å². The predicted octanol–water partition coefficient (Wildman–Crippen LogP) is 3.60. The lowest BCUT2D eigenvalue weighted by molar-refractivity contribution is 0.411. The Bertz CT molecular complexity index is 1330. The summed E-state index contributed by atoms with van der Waals surface area (Å²) in [6.07, 6.45) is 4.84. The van der Waals surface area contributed by atoms with Crippen LogP contribution in [0.25, 0.3) is 10.9 Å². The van der Waals surface area contributed by atoms with E-state index in [0.717, 1.165) is 44.1 Å². The fourth-order valence-electron chi connectivity index (χ4n) is 3.73. The number of anilines is 5. The van der Waals surface area contributed by atoms with E-state index in [2.05, 4.69) is 40.8 Å². The molecule has 3 aromatic heterocycles. The predicted molar refractivity (Wildman–Crippen MR) is 126 cm³/mol. The maximum Gasteiger partial charge on any atom is 0.229 e. The lowest BCUT2D eigenvalue weighted by atomic mass is 10.2. The number of hydrogen-bond acceptors (Lipinski definition) is 9. The molecule has 0 bridgehead atoms. The Kier molecular flexibility index (Phi) is 6.00. The second kappa shape index (κ2) is 9.40. The summed E-state index contributed by atoms with van der Waals surface area (Å²) in [5, 5.41) is 10.0. The molecule has 34 heavy (non-hydrogen) atoms. The first-order chi connectivity index (χ1) is 16.6. The van der Waals surface area contributed by atoms with Crippen LogP contribution < -0.4 is 25.6 Å². The van der Waals surface area contributed by atoms with Gasteiger partial charge < -0.3 is 25.6 Å². The molecule has 0 saturated carbocycles. The van der Waals surface area contributed by atoms with Crippen LogP contribution in [0.2, 0.25) is 0 Å². The van der Waals surface area contributed by atoms with Crippen molar-refractivity contribution in [2.75, 3.05) is 48.8 Å². The van der Waals surface area contributed by atoms with Crippen LogP contribution in [0.5, 0.6) is 5.75 Å². The third-order valence-electron chi connectivity index (χ3n) is 5.38. The summed E-state index contributed by atoms with van der Waals surface area (Å²) in [6.45, 7) is 3.52. The molecule has 0 atom stereocenters. The van der Waals surface area contributed by atoms with E-state index >= 15 is 0 Å². The normalized spacial score (nSPS) is 13.7. The first kappa shape index (κ1) is 21.7. The fourth-order valence-corrected chi connectivity index (χ4v) is 3.73. The van der Waals surface area contributed by atoms with Crippen LogP contribution >= 0.6 is 0 Å². The largest absolute Gasteiger partial charge is 0.493 e. The summed E-state index contributed by atoms with van der Waals surface area (Å²) in [5.74, 6) is 0.452. The molecule has 1 aliphatic rings. The Labute approximate surface area is 194 Å². The molecule has 0 radical (unpaired) electrons. The highest BCUT2D eigenvalue weighted by Gasteiger charge is 2.17. The topological polar surface area (TPSA) is 100 Å². The summed E-state index contributed by atoms with van der Waals surface area (Å²) in [5.41, 5.74) is 1.62. The number of hydrogen-bond donors (Lipinski definition) is 3. The lowest BCUT2D eigenvalue weighted by Crippen LogP contribution is -2.44. The monoisotopic (exact) mass is 464 g/mol. The van der Waals surface area contributed by atoms with Crippen LogP contribution in [0.3, 0.4) is 0 Å². The number of halogens is 2. The molecule has 4 aromatic rings. The summed E-state index contributed by atoms with van der Waals surface area (Å²) >= 11 is 0. The standard InChI is InChI=1S/C23H22F2N8O/c1-34-20-10-16(13-29-22(20)33-6-4-26-5-7-33)31-23-27-3-2-21(32-23)30-15-8-14-9-17(24)18(25)11-19(14)28-12-15/h2-3,8-13,26H,4-7H2,1H3,(H2,27,30,31,32). The molecule has 0 spiro atoms. The van der Waals surface area contributed by atoms with E-state index in [4.69, 9.17) is 4.74 Å². The molecule has 174 valence electrons. The number of ether oxygens (including phenoxy) is 1. The van der Waals surface area contributed by atoms with E-state index in [1.165, 1.54) is 6.20 Å². The molecular formula is C23H22F2N8O. The van der Waals surface area contributed by atoms with Crippen LogP contribution in [0, 0.1) is 11.6 Å². The minimum absolute atomic E-state index is 0.352. The van der Waals surface area contributed by atoms with Gasteiger partial charge in [-0.25, -0.2) is 18.7 Å². The van der Waals surface area contributed by atoms with Crippen molar-refractivity contribution in [1.82, 2.24) is 25.3 Å². The van der Waals surface area contributed by atoms with Crippen LogP contribution in [-0.4, -0.2) is 53.2 Å². The number of methoxy groups -OCH3 is 1. The minimum atomic E-state index is -0.931. The van der Waals surface area contributed by atoms with Gasteiger partial charge in [0.05, 0.1) is 36.4 Å². The van der Waals surface area contributed by atoms with Gasteiger partial charge in [-0.2, -0.15) is 4.98 Å². The van der Waals surface area contributed by atoms with Gasteiger partial charge in [-0.15, -0.1) is 0 Å². The lowest BCUT2D eigenvalue weighted by Gasteiger charge is -2.29. The van der Waals surface area contributed by atoms with Crippen molar-refractivity contribution in [1.29, 1.82) is 0 Å². The highest BCUT2D eigenvalue weighted by Crippen LogP contribution is 2.30. The molecule has 4 heterocycles. The first-order valence-corrected chi connectivity index (χ1v) is 10.7. The molecule has 0 aliphatic carbocycles. The molecule has 9 nitrogen and oxygen atoms in total. The van der Waals surface area contributed by atoms with Crippen LogP contribution in [0.1, 0.15) is 0 Å². The number of nitrogens with one attached hydrogen (secondary N) is 3. The van der Waals surface area contributed by atoms with Crippen molar-refractivity contribution >= 4 is 39.9 Å². The summed E-state index contributed by atoms with van der Waals surface area (Å²) < 4.78 is 32.5. The highest BCUT2D eigenvalue weighted by molar-refractivity contribution is 5.82. The average Bonchev–Trinajstić information content (AvgIpc) is 2.85. The Hall–Kier alpha value is -4.12. The van der Waals surface area contributed by atoms with Gasteiger partial charge in [-0.05, 0) is 18.2 Å². The number of fused-ring (bicyclic) bond motifs is 1. The van der Waals surface area contributed by atoms with Crippen molar-refractivity contribution in [3.63, 3.8) is 0 Å². The number of aromatic nitrogens is 4. The molecule has 1 fully saturated rings. The van der Waals surface area contributed by atoms with Gasteiger partial charge in [0.25, 0.3) is 0 Å². The van der Waals surface area contributed by atoms with E-state index in [-0.39, 0.29) is 0 Å². The number of rotatable bonds is 6. The molecule has 1 aliphatic heterocycles. The van der Waals surface area contributed by atoms with Crippen LogP contribution in [-0.2, 0) is 0 Å². The van der Waals surface area contributed by atoms with E-state index in [0.29, 0.717) is 39.8 Å². The maximum atomic E-state index is 13.6. The third kappa shape index (κ3) is 4.64. The maximum absolute atomic E-state index is 13.6. The Morgan fingerprint density at radius 2 is 1.71 bits per heavy atom. The molecule has 5 rings (SSSR count). The van der Waals surface area contributed by atoms with Gasteiger partial charge in [0, 0.05) is 49.9 Å². The second-order valence-corrected chi connectivity index (χ2v) is 7.69. The van der Waals surface area contributed by atoms with Gasteiger partial charge in [0.2, 0.25) is 5.95 Å². The van der Waals surface area contributed by atoms with Crippen molar-refractivity contribution in [3.8, 4) is 5.75 Å². The number of nitrogens with zero attached hydrogens (tertiary/aromatic N) is 5. The van der Waals surface area contributed by atoms with E-state index in [1.54, 1.807) is 31.6 Å². The van der Waals surface area contributed by atoms with Crippen LogP contribution in [0.15, 0.2) is 48.9 Å². The summed E-state index contributed by atoms with van der Waals surface area (Å²) in [6, 6.07) is 7.39. The second-order valence-electron chi connectivity index (χ2n) is 7.69. The van der Waals surface area contributed by atoms with Gasteiger partial charge in [-0.1, -0.05) is 0 Å². The van der Waals surface area contributed by atoms with Gasteiger partial charge in [0.15, 0.2) is 23.2 Å². The molecule has 0 amide bonds. The number of pyridine rings is 2. The van der Waals surface area contributed by atoms with Crippen molar-refractivity contribution < 1.29 is 13.5 Å². The zero-order chi connectivity index (χ0) is 23.5. The molecule has 1 saturated heterocycles. The summed E-state index contributed by atoms with van der Waals surface area (Å²) in [4.78, 5) is 19.7. The fraction of sp³-hybridized carbons (Fsp3) is 0.217. The average molecular weight is 464 g/mol. The first-order valence-electron chi connectivity index (χ1n) is 10.7. The molecule has 11 heteroatoms. The third-order valence-corrected chi connectivity index (χ3v) is 5.38. The Balaban J connectivity index is 1.33. The number of piperazine rings is 1. The zero-order valence-corrected chi connectivity index (χ0v) is 18.3. The van der Waals surface area contributed by atoms with Gasteiger partial charge in [-0.3, -0.25) is 4.98 Å². The van der Waals surface area contributed by atoms with E-state index in [1.807, 2.05) is 6.07 Å². The van der Waals surface area contributed by atoms with E-state index in [9.17, 15) is 8.78 Å². The smallest absolute Gasteiger partial charge is 0.229 e. The highest BCUT2D eigenvalue weighted by atomic mass is 19.2. The zero-order valence-electron chi connectivity index (χ0n) is 18.3. The molecule has 3 N–H and O–H groups in total. The van der Waals surface area contributed by atoms with Crippen molar-refractivity contribution in [2.24, 2.45) is 0 Å². The van der Waals surface area contributed by atoms with Gasteiger partial charge in [0.1, 0.15) is 5.82 Å². The Morgan fingerprint density at radius 1 is 0.941 bits per heavy atom. The molecular weight excluding hydrogens is 442 g/mol. The molecule has 0 unspecified atom stereocenters. The minimum Gasteiger partial charge on any atom is -0.493 e. The number of benzene rings is 1. The van der Waals surface area contributed by atoms with Gasteiger partial charge >= 0.3 is 0 Å². The SMILES string of the molecule is COc1cc(Nc2nccc(Nc3cnc4cc(F)c(F)cc4c3)n2)cnc1N1CCNCC1. The molecule has 1 aromatic carbocycles. The quantitative estimate of drug-likeness (QED) is 0.395. The van der Waals surface area contributed by atoms with Crippen LogP contribution in [0.4, 0.5) is 37.7 Å². The van der Waals surface area contributed by atoms with E-state index < -0.39 is 11.6 Å². The Morgan fingerprint density at radius 3 is 2.53 bits per heavy atom. The summed E-state index contributed by atoms with van der Waals surface area (Å²) in [7, 11) is 1.62. The van der Waals surface area contributed by atoms with Crippen molar-refractivity contribution in [3.05, 3.63) is 60.6 Å².